The summed E-state index contributed by atoms with van der Waals surface area (Å²) >= 11 is 0. The van der Waals surface area contributed by atoms with Crippen LogP contribution in [0.4, 0.5) is 0 Å². The van der Waals surface area contributed by atoms with Gasteiger partial charge in [0.05, 0.1) is 18.3 Å². The third-order valence-electron chi connectivity index (χ3n) is 4.64. The van der Waals surface area contributed by atoms with Crippen LogP contribution < -0.4 is 0 Å². The highest BCUT2D eigenvalue weighted by Gasteiger charge is 2.44. The van der Waals surface area contributed by atoms with Gasteiger partial charge in [-0.15, -0.1) is 0 Å². The topological polar surface area (TPSA) is 93.1 Å². The Labute approximate surface area is 134 Å². The van der Waals surface area contributed by atoms with E-state index in [1.54, 1.807) is 19.5 Å². The molecular formula is C14H19N5O3S. The second-order valence-electron chi connectivity index (χ2n) is 5.93. The van der Waals surface area contributed by atoms with Gasteiger partial charge in [0.25, 0.3) is 10.0 Å². The number of hydrogen-bond acceptors (Lipinski definition) is 5. The van der Waals surface area contributed by atoms with Crippen molar-refractivity contribution in [3.05, 3.63) is 30.2 Å². The van der Waals surface area contributed by atoms with Crippen LogP contribution in [0.5, 0.6) is 0 Å². The lowest BCUT2D eigenvalue weighted by Gasteiger charge is -2.22. The molecule has 9 heteroatoms. The van der Waals surface area contributed by atoms with Crippen molar-refractivity contribution in [2.45, 2.75) is 43.0 Å². The Kier molecular flexibility index (Phi) is 3.51. The molecule has 1 N–H and O–H groups in total. The first-order valence-electron chi connectivity index (χ1n) is 7.69. The number of hydrogen-bond donors (Lipinski definition) is 1. The zero-order valence-corrected chi connectivity index (χ0v) is 13.7. The molecule has 0 saturated carbocycles. The summed E-state index contributed by atoms with van der Waals surface area (Å²) in [6.07, 6.45) is 7.04. The highest BCUT2D eigenvalue weighted by Crippen LogP contribution is 2.36. The van der Waals surface area contributed by atoms with E-state index in [0.29, 0.717) is 25.3 Å². The third kappa shape index (κ3) is 2.30. The molecule has 2 aromatic heterocycles. The number of nitrogens with zero attached hydrogens (tertiary/aromatic N) is 4. The Hall–Kier alpha value is -1.71. The summed E-state index contributed by atoms with van der Waals surface area (Å²) in [5.74, 6) is 1.50. The molecular weight excluding hydrogens is 318 g/mol. The Bertz CT molecular complexity index is 798. The third-order valence-corrected chi connectivity index (χ3v) is 6.52. The van der Waals surface area contributed by atoms with Gasteiger partial charge in [-0.25, -0.2) is 18.4 Å². The first-order valence-corrected chi connectivity index (χ1v) is 9.13. The number of aryl methyl sites for hydroxylation is 1. The van der Waals surface area contributed by atoms with Crippen LogP contribution in [0.1, 0.15) is 30.5 Å². The van der Waals surface area contributed by atoms with Crippen molar-refractivity contribution < 1.29 is 13.2 Å². The van der Waals surface area contributed by atoms with Crippen molar-refractivity contribution in [2.24, 2.45) is 0 Å². The van der Waals surface area contributed by atoms with Gasteiger partial charge in [-0.2, -0.15) is 4.31 Å². The first-order chi connectivity index (χ1) is 11.1. The molecule has 1 saturated heterocycles. The Balaban J connectivity index is 1.74. The van der Waals surface area contributed by atoms with Gasteiger partial charge in [0.1, 0.15) is 11.6 Å². The molecule has 8 nitrogen and oxygen atoms in total. The van der Waals surface area contributed by atoms with Gasteiger partial charge in [0.2, 0.25) is 0 Å². The number of sulfonamides is 1. The van der Waals surface area contributed by atoms with Crippen LogP contribution in [0.3, 0.4) is 0 Å². The lowest BCUT2D eigenvalue weighted by Crippen LogP contribution is -2.33. The molecule has 4 heterocycles. The summed E-state index contributed by atoms with van der Waals surface area (Å²) in [6.45, 7) is 1.03. The van der Waals surface area contributed by atoms with Gasteiger partial charge in [-0.05, 0) is 12.8 Å². The molecule has 2 aromatic rings. The monoisotopic (exact) mass is 337 g/mol. The minimum Gasteiger partial charge on any atom is -0.380 e. The Morgan fingerprint density at radius 2 is 2.26 bits per heavy atom. The van der Waals surface area contributed by atoms with E-state index in [0.717, 1.165) is 18.7 Å². The summed E-state index contributed by atoms with van der Waals surface area (Å²) in [5.41, 5.74) is 0. The summed E-state index contributed by atoms with van der Waals surface area (Å²) in [7, 11) is -2.04. The molecule has 2 aliphatic heterocycles. The maximum Gasteiger partial charge on any atom is 0.261 e. The van der Waals surface area contributed by atoms with Crippen LogP contribution in [0.15, 0.2) is 23.6 Å². The van der Waals surface area contributed by atoms with Crippen LogP contribution in [0.2, 0.25) is 0 Å². The van der Waals surface area contributed by atoms with E-state index in [4.69, 9.17) is 4.74 Å². The van der Waals surface area contributed by atoms with Crippen molar-refractivity contribution in [2.75, 3.05) is 13.7 Å². The number of imidazole rings is 2. The van der Waals surface area contributed by atoms with E-state index in [9.17, 15) is 8.42 Å². The van der Waals surface area contributed by atoms with Crippen molar-refractivity contribution in [1.29, 1.82) is 0 Å². The number of nitrogens with one attached hydrogen (secondary N) is 1. The maximum atomic E-state index is 13.2. The number of ether oxygens (including phenoxy) is 1. The number of aromatic nitrogens is 4. The molecule has 0 spiro atoms. The number of rotatable bonds is 4. The van der Waals surface area contributed by atoms with Crippen LogP contribution in [-0.2, 0) is 27.7 Å². The predicted molar refractivity (Wildman–Crippen MR) is 81.2 cm³/mol. The zero-order valence-electron chi connectivity index (χ0n) is 12.8. The molecule has 0 aromatic carbocycles. The molecule has 1 fully saturated rings. The molecule has 23 heavy (non-hydrogen) atoms. The van der Waals surface area contributed by atoms with Crippen molar-refractivity contribution >= 4 is 10.0 Å². The molecule has 0 amide bonds. The Morgan fingerprint density at radius 3 is 3.00 bits per heavy atom. The fraction of sp³-hybridized carbons (Fsp3) is 0.571. The first kappa shape index (κ1) is 14.9. The number of fused-ring (bicyclic) bond motifs is 1. The van der Waals surface area contributed by atoms with Gasteiger partial charge >= 0.3 is 0 Å². The summed E-state index contributed by atoms with van der Waals surface area (Å²) in [6, 6.07) is -0.340. The highest BCUT2D eigenvalue weighted by atomic mass is 32.2. The molecule has 4 rings (SSSR count). The molecule has 1 unspecified atom stereocenters. The van der Waals surface area contributed by atoms with Crippen LogP contribution in [-0.4, -0.2) is 52.0 Å². The molecule has 124 valence electrons. The van der Waals surface area contributed by atoms with Gasteiger partial charge in [-0.1, -0.05) is 0 Å². The van der Waals surface area contributed by atoms with E-state index in [-0.39, 0.29) is 17.2 Å². The molecule has 0 radical (unpaired) electrons. The highest BCUT2D eigenvalue weighted by molar-refractivity contribution is 7.89. The second kappa shape index (κ2) is 5.43. The number of H-pyrrole nitrogens is 1. The number of aromatic amines is 1. The SMILES string of the molecule is CO[C@@H]1CC(c2ncc[nH]2)N(S(=O)(=O)c2cnc3n2CCC3)C1. The average molecular weight is 337 g/mol. The van der Waals surface area contributed by atoms with Gasteiger partial charge in [0, 0.05) is 39.0 Å². The lowest BCUT2D eigenvalue weighted by atomic mass is 10.2. The van der Waals surface area contributed by atoms with Crippen molar-refractivity contribution in [1.82, 2.24) is 23.8 Å². The minimum atomic E-state index is -3.65. The van der Waals surface area contributed by atoms with Crippen molar-refractivity contribution in [3.8, 4) is 0 Å². The quantitative estimate of drug-likeness (QED) is 0.886. The summed E-state index contributed by atoms with van der Waals surface area (Å²) < 4.78 is 35.1. The predicted octanol–water partition coefficient (Wildman–Crippen LogP) is 0.703. The smallest absolute Gasteiger partial charge is 0.261 e. The lowest BCUT2D eigenvalue weighted by molar-refractivity contribution is 0.114. The van der Waals surface area contributed by atoms with Gasteiger partial charge in [-0.3, -0.25) is 0 Å². The standard InChI is InChI=1S/C14H19N5O3S/c1-22-10-7-11(14-15-4-5-16-14)19(9-10)23(20,21)13-8-17-12-3-2-6-18(12)13/h4-5,8,10-11H,2-3,6-7,9H2,1H3,(H,15,16)/t10-,11?/m1/s1. The zero-order chi connectivity index (χ0) is 16.0. The van der Waals surface area contributed by atoms with E-state index < -0.39 is 10.0 Å². The fourth-order valence-electron chi connectivity index (χ4n) is 3.47. The van der Waals surface area contributed by atoms with E-state index >= 15 is 0 Å². The van der Waals surface area contributed by atoms with Crippen LogP contribution in [0, 0.1) is 0 Å². The van der Waals surface area contributed by atoms with E-state index in [2.05, 4.69) is 15.0 Å². The second-order valence-corrected chi connectivity index (χ2v) is 7.76. The number of methoxy groups -OCH3 is 1. The van der Waals surface area contributed by atoms with E-state index in [1.807, 2.05) is 4.57 Å². The molecule has 2 aliphatic rings. The normalized spacial score (nSPS) is 25.1. The fourth-order valence-corrected chi connectivity index (χ4v) is 5.25. The Morgan fingerprint density at radius 1 is 1.39 bits per heavy atom. The van der Waals surface area contributed by atoms with Crippen LogP contribution >= 0.6 is 0 Å². The minimum absolute atomic E-state index is 0.138. The van der Waals surface area contributed by atoms with Crippen molar-refractivity contribution in [3.63, 3.8) is 0 Å². The van der Waals surface area contributed by atoms with Gasteiger partial charge < -0.3 is 14.3 Å². The van der Waals surface area contributed by atoms with E-state index in [1.165, 1.54) is 10.5 Å². The summed E-state index contributed by atoms with van der Waals surface area (Å²) in [4.78, 5) is 11.5. The molecule has 0 aliphatic carbocycles. The van der Waals surface area contributed by atoms with Crippen LogP contribution in [0.25, 0.3) is 0 Å². The summed E-state index contributed by atoms with van der Waals surface area (Å²) in [5, 5.41) is 0.276. The molecule has 0 bridgehead atoms. The largest absolute Gasteiger partial charge is 0.380 e. The maximum absolute atomic E-state index is 13.2. The van der Waals surface area contributed by atoms with Gasteiger partial charge in [0.15, 0.2) is 5.03 Å². The average Bonchev–Trinajstić information content (AvgIpc) is 3.27. The molecule has 2 atom stereocenters.